The number of ether oxygens (including phenoxy) is 1. The molecule has 0 atom stereocenters. The van der Waals surface area contributed by atoms with Crippen LogP contribution in [-0.2, 0) is 16.0 Å². The summed E-state index contributed by atoms with van der Waals surface area (Å²) in [5.74, 6) is 0.488. The normalized spacial score (nSPS) is 13.5. The molecule has 1 aliphatic rings. The number of rotatable bonds is 13. The Balaban J connectivity index is 1.23. The second-order valence-corrected chi connectivity index (χ2v) is 11.9. The highest BCUT2D eigenvalue weighted by Gasteiger charge is 2.23. The molecular formula is C35H45N5O5. The molecule has 0 bridgehead atoms. The highest BCUT2D eigenvalue weighted by molar-refractivity contribution is 6.05. The van der Waals surface area contributed by atoms with Crippen LogP contribution in [0.2, 0.25) is 0 Å². The maximum absolute atomic E-state index is 13.2. The zero-order valence-electron chi connectivity index (χ0n) is 26.8. The van der Waals surface area contributed by atoms with E-state index in [2.05, 4.69) is 29.3 Å². The molecule has 1 aliphatic heterocycles. The largest absolute Gasteiger partial charge is 0.507 e. The number of benzene rings is 2. The number of likely N-dealkylation sites (tertiary alicyclic amines) is 1. The molecular weight excluding hydrogens is 570 g/mol. The van der Waals surface area contributed by atoms with Gasteiger partial charge in [-0.1, -0.05) is 24.3 Å². The van der Waals surface area contributed by atoms with Crippen molar-refractivity contribution in [3.05, 3.63) is 77.5 Å². The number of aromatic nitrogens is 1. The maximum atomic E-state index is 13.2. The number of hydrogen-bond donors (Lipinski definition) is 2. The molecule has 2 aromatic carbocycles. The Hall–Kier alpha value is -4.44. The summed E-state index contributed by atoms with van der Waals surface area (Å²) in [5.41, 5.74) is 2.56. The first kappa shape index (κ1) is 33.5. The SMILES string of the molecule is Cc1ccc(N(C)C(=O)Cc2ccc(NC(=O)c3ccccc3O)nc2)c(OCCCCCC(=O)N2CCC(N(C)C)CC2)c1. The lowest BCUT2D eigenvalue weighted by atomic mass is 10.0. The molecule has 10 heteroatoms. The summed E-state index contributed by atoms with van der Waals surface area (Å²) < 4.78 is 6.13. The lowest BCUT2D eigenvalue weighted by Gasteiger charge is -2.35. The molecule has 240 valence electrons. The molecule has 4 rings (SSSR count). The van der Waals surface area contributed by atoms with Gasteiger partial charge in [-0.2, -0.15) is 0 Å². The summed E-state index contributed by atoms with van der Waals surface area (Å²) in [6.45, 7) is 4.16. The number of nitrogens with one attached hydrogen (secondary N) is 1. The van der Waals surface area contributed by atoms with Gasteiger partial charge in [0, 0.05) is 38.8 Å². The standard InChI is InChI=1S/C35H45N5O5/c1-25-13-15-29(31(22-25)45-21-9-5-6-12-33(42)40-19-17-27(18-20-40)38(2)3)39(4)34(43)23-26-14-16-32(36-24-26)37-35(44)28-10-7-8-11-30(28)41/h7-8,10-11,13-16,22,24,27,41H,5-6,9,12,17-21,23H2,1-4H3,(H,36,37,44). The highest BCUT2D eigenvalue weighted by Crippen LogP contribution is 2.30. The van der Waals surface area contributed by atoms with Crippen LogP contribution in [0.15, 0.2) is 60.8 Å². The molecule has 0 aliphatic carbocycles. The number of carbonyl (C=O) groups excluding carboxylic acids is 3. The minimum atomic E-state index is -0.472. The number of phenolic OH excluding ortho intramolecular Hbond substituents is 1. The zero-order chi connectivity index (χ0) is 32.3. The van der Waals surface area contributed by atoms with Gasteiger partial charge in [-0.15, -0.1) is 0 Å². The average Bonchev–Trinajstić information content (AvgIpc) is 3.03. The number of pyridine rings is 1. The molecule has 3 amide bonds. The van der Waals surface area contributed by atoms with Gasteiger partial charge in [-0.05, 0) is 94.6 Å². The fourth-order valence-corrected chi connectivity index (χ4v) is 5.42. The minimum absolute atomic E-state index is 0.113. The van der Waals surface area contributed by atoms with Crippen LogP contribution in [0.3, 0.4) is 0 Å². The number of amides is 3. The van der Waals surface area contributed by atoms with E-state index in [4.69, 9.17) is 4.74 Å². The van der Waals surface area contributed by atoms with E-state index in [-0.39, 0.29) is 29.5 Å². The molecule has 1 saturated heterocycles. The van der Waals surface area contributed by atoms with Crippen molar-refractivity contribution in [2.45, 2.75) is 57.9 Å². The van der Waals surface area contributed by atoms with Gasteiger partial charge < -0.3 is 29.9 Å². The Labute approximate surface area is 266 Å². The van der Waals surface area contributed by atoms with Crippen LogP contribution in [0.4, 0.5) is 11.5 Å². The number of carbonyl (C=O) groups is 3. The first-order valence-corrected chi connectivity index (χ1v) is 15.6. The van der Waals surface area contributed by atoms with Crippen LogP contribution in [0.1, 0.15) is 60.0 Å². The number of aryl methyl sites for hydroxylation is 1. The first-order valence-electron chi connectivity index (χ1n) is 15.6. The van der Waals surface area contributed by atoms with Crippen molar-refractivity contribution in [2.24, 2.45) is 0 Å². The lowest BCUT2D eigenvalue weighted by molar-refractivity contribution is -0.132. The third kappa shape index (κ3) is 9.52. The zero-order valence-corrected chi connectivity index (χ0v) is 26.8. The summed E-state index contributed by atoms with van der Waals surface area (Å²) >= 11 is 0. The van der Waals surface area contributed by atoms with Crippen LogP contribution in [0.5, 0.6) is 11.5 Å². The van der Waals surface area contributed by atoms with Crippen molar-refractivity contribution in [1.82, 2.24) is 14.8 Å². The third-order valence-corrected chi connectivity index (χ3v) is 8.26. The lowest BCUT2D eigenvalue weighted by Crippen LogP contribution is -2.44. The van der Waals surface area contributed by atoms with E-state index in [0.717, 1.165) is 50.8 Å². The summed E-state index contributed by atoms with van der Waals surface area (Å²) in [5, 5.41) is 12.6. The van der Waals surface area contributed by atoms with Crippen molar-refractivity contribution in [2.75, 3.05) is 51.1 Å². The number of hydrogen-bond acceptors (Lipinski definition) is 7. The Bertz CT molecular complexity index is 1450. The van der Waals surface area contributed by atoms with Gasteiger partial charge in [-0.25, -0.2) is 4.98 Å². The summed E-state index contributed by atoms with van der Waals surface area (Å²) in [6.07, 6.45) is 6.85. The monoisotopic (exact) mass is 615 g/mol. The molecule has 3 aromatic rings. The maximum Gasteiger partial charge on any atom is 0.260 e. The number of nitrogens with zero attached hydrogens (tertiary/aromatic N) is 4. The van der Waals surface area contributed by atoms with Crippen LogP contribution in [-0.4, -0.2) is 84.5 Å². The molecule has 1 fully saturated rings. The van der Waals surface area contributed by atoms with Crippen LogP contribution in [0.25, 0.3) is 0 Å². The smallest absolute Gasteiger partial charge is 0.260 e. The van der Waals surface area contributed by atoms with Crippen molar-refractivity contribution in [3.63, 3.8) is 0 Å². The number of aromatic hydroxyl groups is 1. The Morgan fingerprint density at radius 3 is 2.44 bits per heavy atom. The van der Waals surface area contributed by atoms with Gasteiger partial charge in [0.15, 0.2) is 0 Å². The van der Waals surface area contributed by atoms with Crippen LogP contribution >= 0.6 is 0 Å². The third-order valence-electron chi connectivity index (χ3n) is 8.26. The summed E-state index contributed by atoms with van der Waals surface area (Å²) in [7, 11) is 5.93. The molecule has 0 spiro atoms. The topological polar surface area (TPSA) is 115 Å². The fourth-order valence-electron chi connectivity index (χ4n) is 5.42. The molecule has 0 saturated carbocycles. The predicted octanol–water partition coefficient (Wildman–Crippen LogP) is 5.05. The second kappa shape index (κ2) is 16.0. The summed E-state index contributed by atoms with van der Waals surface area (Å²) in [6, 6.07) is 16.0. The molecule has 45 heavy (non-hydrogen) atoms. The Kier molecular flexibility index (Phi) is 11.9. The fraction of sp³-hybridized carbons (Fsp3) is 0.429. The first-order chi connectivity index (χ1) is 21.6. The van der Waals surface area contributed by atoms with E-state index < -0.39 is 5.91 Å². The van der Waals surface area contributed by atoms with Gasteiger partial charge in [0.1, 0.15) is 17.3 Å². The van der Waals surface area contributed by atoms with Gasteiger partial charge in [0.25, 0.3) is 5.91 Å². The van der Waals surface area contributed by atoms with Crippen molar-refractivity contribution in [1.29, 1.82) is 0 Å². The molecule has 1 aromatic heterocycles. The molecule has 2 heterocycles. The van der Waals surface area contributed by atoms with Crippen molar-refractivity contribution in [3.8, 4) is 11.5 Å². The number of piperidine rings is 1. The van der Waals surface area contributed by atoms with E-state index in [1.165, 1.54) is 12.1 Å². The van der Waals surface area contributed by atoms with Gasteiger partial charge in [0.05, 0.1) is 24.3 Å². The Morgan fingerprint density at radius 2 is 1.76 bits per heavy atom. The van der Waals surface area contributed by atoms with E-state index >= 15 is 0 Å². The van der Waals surface area contributed by atoms with E-state index in [9.17, 15) is 19.5 Å². The molecule has 10 nitrogen and oxygen atoms in total. The number of phenols is 1. The number of likely N-dealkylation sites (N-methyl/N-ethyl adjacent to an activating group) is 1. The quantitative estimate of drug-likeness (QED) is 0.259. The van der Waals surface area contributed by atoms with Crippen LogP contribution < -0.4 is 15.0 Å². The van der Waals surface area contributed by atoms with E-state index in [0.29, 0.717) is 41.9 Å². The van der Waals surface area contributed by atoms with Crippen LogP contribution in [0, 0.1) is 6.92 Å². The highest BCUT2D eigenvalue weighted by atomic mass is 16.5. The number of unbranched alkanes of at least 4 members (excludes halogenated alkanes) is 2. The molecule has 2 N–H and O–H groups in total. The molecule has 0 unspecified atom stereocenters. The van der Waals surface area contributed by atoms with E-state index in [1.54, 1.807) is 42.4 Å². The van der Waals surface area contributed by atoms with Crippen molar-refractivity contribution < 1.29 is 24.2 Å². The Morgan fingerprint density at radius 1 is 1.00 bits per heavy atom. The predicted molar refractivity (Wildman–Crippen MR) is 176 cm³/mol. The average molecular weight is 616 g/mol. The number of para-hydroxylation sites is 1. The molecule has 0 radical (unpaired) electrons. The summed E-state index contributed by atoms with van der Waals surface area (Å²) in [4.78, 5) is 48.4. The number of anilines is 2. The van der Waals surface area contributed by atoms with Crippen molar-refractivity contribution >= 4 is 29.2 Å². The van der Waals surface area contributed by atoms with E-state index in [1.807, 2.05) is 30.0 Å². The minimum Gasteiger partial charge on any atom is -0.507 e. The van der Waals surface area contributed by atoms with Gasteiger partial charge >= 0.3 is 0 Å². The van der Waals surface area contributed by atoms with Gasteiger partial charge in [-0.3, -0.25) is 14.4 Å². The van der Waals surface area contributed by atoms with Gasteiger partial charge in [0.2, 0.25) is 11.8 Å². The second-order valence-electron chi connectivity index (χ2n) is 11.9.